The monoisotopic (exact) mass is 330 g/mol. The molecule has 0 radical (unpaired) electrons. The van der Waals surface area contributed by atoms with Crippen molar-refractivity contribution in [3.05, 3.63) is 59.7 Å². The van der Waals surface area contributed by atoms with Crippen molar-refractivity contribution in [3.8, 4) is 17.2 Å². The molecule has 0 unspecified atom stereocenters. The fourth-order valence-corrected chi connectivity index (χ4v) is 4.54. The summed E-state index contributed by atoms with van der Waals surface area (Å²) in [6, 6.07) is 20.6. The normalized spacial score (nSPS) is 26.2. The molecule has 0 bridgehead atoms. The summed E-state index contributed by atoms with van der Waals surface area (Å²) in [6.07, 6.45) is 6.74. The molecular formula is C23H26N2. The van der Waals surface area contributed by atoms with Crippen LogP contribution in [-0.4, -0.2) is 23.5 Å². The van der Waals surface area contributed by atoms with E-state index in [1.165, 1.54) is 55.3 Å². The van der Waals surface area contributed by atoms with Crippen molar-refractivity contribution < 1.29 is 0 Å². The van der Waals surface area contributed by atoms with Crippen LogP contribution < -0.4 is 0 Å². The van der Waals surface area contributed by atoms with Crippen molar-refractivity contribution in [2.75, 3.05) is 6.54 Å². The van der Waals surface area contributed by atoms with Crippen molar-refractivity contribution >= 4 is 0 Å². The van der Waals surface area contributed by atoms with Gasteiger partial charge in [-0.25, -0.2) is 0 Å². The van der Waals surface area contributed by atoms with Gasteiger partial charge in [0.05, 0.1) is 11.6 Å². The number of benzene rings is 2. The van der Waals surface area contributed by atoms with E-state index < -0.39 is 0 Å². The van der Waals surface area contributed by atoms with E-state index in [1.54, 1.807) is 0 Å². The molecule has 1 atom stereocenters. The lowest BCUT2D eigenvalue weighted by Crippen LogP contribution is -2.46. The molecule has 0 aromatic heterocycles. The number of hydrogen-bond acceptors (Lipinski definition) is 2. The average Bonchev–Trinajstić information content (AvgIpc) is 3.04. The molecule has 2 aromatic carbocycles. The first kappa shape index (κ1) is 16.4. The highest BCUT2D eigenvalue weighted by atomic mass is 15.2. The van der Waals surface area contributed by atoms with E-state index in [1.807, 2.05) is 24.3 Å². The maximum Gasteiger partial charge on any atom is 0.0991 e. The molecule has 1 heterocycles. The van der Waals surface area contributed by atoms with Crippen LogP contribution in [-0.2, 0) is 6.42 Å². The molecule has 2 aliphatic rings. The molecule has 1 saturated carbocycles. The van der Waals surface area contributed by atoms with Gasteiger partial charge in [-0.3, -0.25) is 4.90 Å². The third-order valence-electron chi connectivity index (χ3n) is 6.11. The fourth-order valence-electron chi connectivity index (χ4n) is 4.54. The summed E-state index contributed by atoms with van der Waals surface area (Å²) in [5.74, 6) is 0.860. The average molecular weight is 330 g/mol. The fraction of sp³-hybridized carbons (Fsp3) is 0.435. The molecular weight excluding hydrogens is 304 g/mol. The minimum absolute atomic E-state index is 0.715. The van der Waals surface area contributed by atoms with Crippen LogP contribution in [0, 0.1) is 17.2 Å². The van der Waals surface area contributed by atoms with Gasteiger partial charge >= 0.3 is 0 Å². The van der Waals surface area contributed by atoms with Gasteiger partial charge in [-0.1, -0.05) is 36.4 Å². The maximum atomic E-state index is 8.90. The largest absolute Gasteiger partial charge is 0.298 e. The highest BCUT2D eigenvalue weighted by Crippen LogP contribution is 2.37. The highest BCUT2D eigenvalue weighted by Gasteiger charge is 2.37. The Morgan fingerprint density at radius 1 is 1.00 bits per heavy atom. The Morgan fingerprint density at radius 2 is 1.64 bits per heavy atom. The van der Waals surface area contributed by atoms with Crippen LogP contribution in [0.1, 0.15) is 43.7 Å². The van der Waals surface area contributed by atoms with E-state index in [2.05, 4.69) is 42.2 Å². The van der Waals surface area contributed by atoms with E-state index in [-0.39, 0.29) is 0 Å². The molecule has 25 heavy (non-hydrogen) atoms. The van der Waals surface area contributed by atoms with E-state index in [4.69, 9.17) is 5.26 Å². The van der Waals surface area contributed by atoms with Gasteiger partial charge in [0.2, 0.25) is 0 Å². The number of nitriles is 1. The SMILES string of the molecule is C[C@@H]1CCCN1C1CC(Cc2ccc(-c3ccc(C#N)cc3)cc2)C1. The zero-order valence-electron chi connectivity index (χ0n) is 15.0. The van der Waals surface area contributed by atoms with Crippen LogP contribution in [0.3, 0.4) is 0 Å². The molecule has 128 valence electrons. The van der Waals surface area contributed by atoms with Crippen molar-refractivity contribution in [2.24, 2.45) is 5.92 Å². The Kier molecular flexibility index (Phi) is 4.59. The van der Waals surface area contributed by atoms with Gasteiger partial charge in [0, 0.05) is 12.1 Å². The zero-order valence-corrected chi connectivity index (χ0v) is 15.0. The second-order valence-corrected chi connectivity index (χ2v) is 7.81. The van der Waals surface area contributed by atoms with Crippen LogP contribution >= 0.6 is 0 Å². The molecule has 4 rings (SSSR count). The number of nitrogens with zero attached hydrogens (tertiary/aromatic N) is 2. The van der Waals surface area contributed by atoms with Crippen LogP contribution in [0.5, 0.6) is 0 Å². The Hall–Kier alpha value is -2.11. The van der Waals surface area contributed by atoms with Gasteiger partial charge in [-0.2, -0.15) is 5.26 Å². The molecule has 0 amide bonds. The van der Waals surface area contributed by atoms with Gasteiger partial charge < -0.3 is 0 Å². The van der Waals surface area contributed by atoms with Gasteiger partial charge in [0.1, 0.15) is 0 Å². The van der Waals surface area contributed by atoms with E-state index in [9.17, 15) is 0 Å². The molecule has 2 fully saturated rings. The lowest BCUT2D eigenvalue weighted by Gasteiger charge is -2.43. The summed E-state index contributed by atoms with van der Waals surface area (Å²) < 4.78 is 0. The molecule has 1 aliphatic carbocycles. The molecule has 2 aromatic rings. The summed E-state index contributed by atoms with van der Waals surface area (Å²) in [5.41, 5.74) is 4.57. The standard InChI is InChI=1S/C23H26N2/c1-17-3-2-12-25(17)23-14-20(15-23)13-18-4-8-21(9-5-18)22-10-6-19(16-24)7-11-22/h4-11,17,20,23H,2-3,12-15H2,1H3/t17-,20?,23?/m1/s1. The minimum Gasteiger partial charge on any atom is -0.298 e. The van der Waals surface area contributed by atoms with Crippen molar-refractivity contribution in [1.29, 1.82) is 5.26 Å². The predicted molar refractivity (Wildman–Crippen MR) is 102 cm³/mol. The topological polar surface area (TPSA) is 27.0 Å². The van der Waals surface area contributed by atoms with Crippen molar-refractivity contribution in [2.45, 2.75) is 51.1 Å². The Bertz CT molecular complexity index is 748. The summed E-state index contributed by atoms with van der Waals surface area (Å²) >= 11 is 0. The summed E-state index contributed by atoms with van der Waals surface area (Å²) in [7, 11) is 0. The Labute approximate surface area is 151 Å². The molecule has 2 nitrogen and oxygen atoms in total. The van der Waals surface area contributed by atoms with Gasteiger partial charge in [0.15, 0.2) is 0 Å². The number of rotatable bonds is 4. The van der Waals surface area contributed by atoms with Crippen LogP contribution in [0.15, 0.2) is 48.5 Å². The lowest BCUT2D eigenvalue weighted by molar-refractivity contribution is 0.0732. The van der Waals surface area contributed by atoms with Gasteiger partial charge in [-0.05, 0) is 80.3 Å². The Morgan fingerprint density at radius 3 is 2.20 bits per heavy atom. The van der Waals surface area contributed by atoms with Crippen molar-refractivity contribution in [3.63, 3.8) is 0 Å². The predicted octanol–water partition coefficient (Wildman–Crippen LogP) is 5.03. The van der Waals surface area contributed by atoms with E-state index >= 15 is 0 Å². The first-order chi connectivity index (χ1) is 12.2. The Balaban J connectivity index is 1.33. The maximum absolute atomic E-state index is 8.90. The highest BCUT2D eigenvalue weighted by molar-refractivity contribution is 5.64. The number of likely N-dealkylation sites (tertiary alicyclic amines) is 1. The zero-order chi connectivity index (χ0) is 17.2. The molecule has 1 aliphatic heterocycles. The molecule has 1 saturated heterocycles. The lowest BCUT2D eigenvalue weighted by atomic mass is 9.75. The smallest absolute Gasteiger partial charge is 0.0991 e. The van der Waals surface area contributed by atoms with Gasteiger partial charge in [-0.15, -0.1) is 0 Å². The first-order valence-corrected chi connectivity index (χ1v) is 9.58. The number of hydrogen-bond donors (Lipinski definition) is 0. The van der Waals surface area contributed by atoms with E-state index in [0.29, 0.717) is 5.56 Å². The summed E-state index contributed by atoms with van der Waals surface area (Å²) in [4.78, 5) is 2.74. The quantitative estimate of drug-likeness (QED) is 0.786. The van der Waals surface area contributed by atoms with Gasteiger partial charge in [0.25, 0.3) is 0 Å². The van der Waals surface area contributed by atoms with Crippen LogP contribution in [0.25, 0.3) is 11.1 Å². The van der Waals surface area contributed by atoms with E-state index in [0.717, 1.165) is 18.0 Å². The summed E-state index contributed by atoms with van der Waals surface area (Å²) in [6.45, 7) is 3.71. The molecule has 2 heteroatoms. The molecule has 0 N–H and O–H groups in total. The third-order valence-corrected chi connectivity index (χ3v) is 6.11. The second-order valence-electron chi connectivity index (χ2n) is 7.81. The van der Waals surface area contributed by atoms with Crippen molar-refractivity contribution in [1.82, 2.24) is 4.90 Å². The third kappa shape index (κ3) is 3.48. The molecule has 0 spiro atoms. The van der Waals surface area contributed by atoms with Crippen LogP contribution in [0.4, 0.5) is 0 Å². The van der Waals surface area contributed by atoms with Crippen LogP contribution in [0.2, 0.25) is 0 Å². The minimum atomic E-state index is 0.715. The first-order valence-electron chi connectivity index (χ1n) is 9.58. The second kappa shape index (κ2) is 7.02. The summed E-state index contributed by atoms with van der Waals surface area (Å²) in [5, 5.41) is 8.90.